The van der Waals surface area contributed by atoms with E-state index in [2.05, 4.69) is 22.8 Å². The maximum absolute atomic E-state index is 12.8. The molecule has 0 saturated carbocycles. The molecule has 0 fully saturated rings. The average molecular weight is 473 g/mol. The number of aliphatic carboxylic acids is 1. The topological polar surface area (TPSA) is 105 Å². The summed E-state index contributed by atoms with van der Waals surface area (Å²) in [6.07, 6.45) is -0.291. The molecule has 4 rings (SSSR count). The Kier molecular flexibility index (Phi) is 7.45. The summed E-state index contributed by atoms with van der Waals surface area (Å²) in [6.45, 7) is 1.87. The fourth-order valence-electron chi connectivity index (χ4n) is 4.46. The molecule has 0 saturated heterocycles. The van der Waals surface area contributed by atoms with E-state index in [-0.39, 0.29) is 25.4 Å². The zero-order valence-corrected chi connectivity index (χ0v) is 19.4. The van der Waals surface area contributed by atoms with Crippen LogP contribution < -0.4 is 10.6 Å². The molecule has 1 aliphatic rings. The number of carboxylic acid groups (broad SMARTS) is 1. The lowest BCUT2D eigenvalue weighted by molar-refractivity contribution is -0.142. The quantitative estimate of drug-likeness (QED) is 0.435. The minimum atomic E-state index is -1.14. The number of benzene rings is 3. The van der Waals surface area contributed by atoms with Gasteiger partial charge in [-0.1, -0.05) is 85.8 Å². The maximum Gasteiger partial charge on any atom is 0.407 e. The monoisotopic (exact) mass is 472 g/mol. The lowest BCUT2D eigenvalue weighted by Gasteiger charge is -2.21. The smallest absolute Gasteiger partial charge is 0.407 e. The Labute approximate surface area is 204 Å². The molecule has 7 nitrogen and oxygen atoms in total. The Morgan fingerprint density at radius 3 is 1.97 bits per heavy atom. The summed E-state index contributed by atoms with van der Waals surface area (Å²) >= 11 is 0. The highest BCUT2D eigenvalue weighted by Crippen LogP contribution is 2.44. The largest absolute Gasteiger partial charge is 0.480 e. The summed E-state index contributed by atoms with van der Waals surface area (Å²) in [5, 5.41) is 14.7. The van der Waals surface area contributed by atoms with Gasteiger partial charge in [0, 0.05) is 12.3 Å². The third-order valence-corrected chi connectivity index (χ3v) is 6.26. The number of carbonyl (C=O) groups excluding carboxylic acids is 2. The van der Waals surface area contributed by atoms with Gasteiger partial charge in [-0.2, -0.15) is 0 Å². The summed E-state index contributed by atoms with van der Waals surface area (Å²) in [6, 6.07) is 23.1. The van der Waals surface area contributed by atoms with Crippen LogP contribution in [0.4, 0.5) is 4.79 Å². The molecule has 0 radical (unpaired) electrons. The van der Waals surface area contributed by atoms with Crippen LogP contribution in [0, 0.1) is 0 Å². The van der Waals surface area contributed by atoms with E-state index in [0.717, 1.165) is 27.8 Å². The zero-order chi connectivity index (χ0) is 24.8. The molecular weight excluding hydrogens is 444 g/mol. The van der Waals surface area contributed by atoms with Gasteiger partial charge in [0.15, 0.2) is 0 Å². The number of amides is 2. The minimum absolute atomic E-state index is 0.0932. The highest BCUT2D eigenvalue weighted by Gasteiger charge is 2.30. The number of alkyl carbamates (subject to hydrolysis) is 1. The molecule has 0 aliphatic heterocycles. The van der Waals surface area contributed by atoms with Crippen molar-refractivity contribution in [3.63, 3.8) is 0 Å². The summed E-state index contributed by atoms with van der Waals surface area (Å²) in [4.78, 5) is 37.0. The number of rotatable bonds is 9. The van der Waals surface area contributed by atoms with Gasteiger partial charge in [-0.15, -0.1) is 0 Å². The molecular formula is C28H28N2O5. The Hall–Kier alpha value is -4.13. The van der Waals surface area contributed by atoms with Crippen LogP contribution >= 0.6 is 0 Å². The van der Waals surface area contributed by atoms with Crippen LogP contribution in [0.3, 0.4) is 0 Å². The van der Waals surface area contributed by atoms with E-state index < -0.39 is 30.1 Å². The number of carbonyl (C=O) groups is 3. The van der Waals surface area contributed by atoms with Gasteiger partial charge in [-0.25, -0.2) is 9.59 Å². The first kappa shape index (κ1) is 24.0. The maximum atomic E-state index is 12.8. The van der Waals surface area contributed by atoms with Crippen molar-refractivity contribution < 1.29 is 24.2 Å². The molecule has 1 aliphatic carbocycles. The number of ether oxygens (including phenoxy) is 1. The van der Waals surface area contributed by atoms with Gasteiger partial charge in [0.2, 0.25) is 5.91 Å². The van der Waals surface area contributed by atoms with E-state index >= 15 is 0 Å². The van der Waals surface area contributed by atoms with Gasteiger partial charge in [0.1, 0.15) is 18.7 Å². The Morgan fingerprint density at radius 1 is 0.829 bits per heavy atom. The second-order valence-electron chi connectivity index (χ2n) is 8.52. The van der Waals surface area contributed by atoms with Crippen molar-refractivity contribution in [1.29, 1.82) is 0 Å². The predicted molar refractivity (Wildman–Crippen MR) is 132 cm³/mol. The SMILES string of the molecule is CC[C@@H](NC(=O)OCC1c2ccccc2-c2ccccc21)C(=O)N[C@@H](Cc1ccccc1)C(=O)O. The fraction of sp³-hybridized carbons (Fsp3) is 0.250. The molecule has 35 heavy (non-hydrogen) atoms. The van der Waals surface area contributed by atoms with Crippen molar-refractivity contribution in [2.75, 3.05) is 6.61 Å². The molecule has 180 valence electrons. The van der Waals surface area contributed by atoms with Crippen molar-refractivity contribution in [3.05, 3.63) is 95.6 Å². The molecule has 0 unspecified atom stereocenters. The molecule has 0 heterocycles. The average Bonchev–Trinajstić information content (AvgIpc) is 3.19. The predicted octanol–water partition coefficient (Wildman–Crippen LogP) is 4.12. The molecule has 3 N–H and O–H groups in total. The molecule has 2 atom stereocenters. The van der Waals surface area contributed by atoms with E-state index in [1.165, 1.54) is 0 Å². The number of carboxylic acids is 1. The molecule has 0 spiro atoms. The van der Waals surface area contributed by atoms with E-state index in [0.29, 0.717) is 0 Å². The molecule has 2 amide bonds. The summed E-state index contributed by atoms with van der Waals surface area (Å²) in [7, 11) is 0. The number of hydrogen-bond donors (Lipinski definition) is 3. The highest BCUT2D eigenvalue weighted by molar-refractivity contribution is 5.89. The first-order valence-electron chi connectivity index (χ1n) is 11.7. The van der Waals surface area contributed by atoms with Gasteiger partial charge < -0.3 is 20.5 Å². The van der Waals surface area contributed by atoms with Crippen LogP contribution in [-0.2, 0) is 20.7 Å². The van der Waals surface area contributed by atoms with Crippen LogP contribution in [-0.4, -0.2) is 41.8 Å². The second kappa shape index (κ2) is 10.9. The van der Waals surface area contributed by atoms with Gasteiger partial charge >= 0.3 is 12.1 Å². The summed E-state index contributed by atoms with van der Waals surface area (Å²) in [5.41, 5.74) is 5.23. The highest BCUT2D eigenvalue weighted by atomic mass is 16.5. The summed E-state index contributed by atoms with van der Waals surface area (Å²) in [5.74, 6) is -1.80. The van der Waals surface area contributed by atoms with Crippen molar-refractivity contribution in [3.8, 4) is 11.1 Å². The normalized spacial score (nSPS) is 13.7. The summed E-state index contributed by atoms with van der Waals surface area (Å²) < 4.78 is 5.52. The van der Waals surface area contributed by atoms with Gasteiger partial charge in [-0.3, -0.25) is 4.79 Å². The van der Waals surface area contributed by atoms with Crippen LogP contribution in [0.5, 0.6) is 0 Å². The molecule has 7 heteroatoms. The lowest BCUT2D eigenvalue weighted by atomic mass is 9.98. The third kappa shape index (κ3) is 5.51. The van der Waals surface area contributed by atoms with Crippen LogP contribution in [0.1, 0.15) is 36.0 Å². The number of hydrogen-bond acceptors (Lipinski definition) is 4. The van der Waals surface area contributed by atoms with Gasteiger partial charge in [0.05, 0.1) is 0 Å². The van der Waals surface area contributed by atoms with Crippen LogP contribution in [0.25, 0.3) is 11.1 Å². The van der Waals surface area contributed by atoms with Gasteiger partial charge in [-0.05, 0) is 34.2 Å². The van der Waals surface area contributed by atoms with Gasteiger partial charge in [0.25, 0.3) is 0 Å². The molecule has 0 bridgehead atoms. The first-order chi connectivity index (χ1) is 17.0. The first-order valence-corrected chi connectivity index (χ1v) is 11.7. The standard InChI is InChI=1S/C28H28N2O5/c1-2-24(26(31)29-25(27(32)33)16-18-10-4-3-5-11-18)30-28(34)35-17-23-21-14-8-6-12-19(21)20-13-7-9-15-22(20)23/h3-15,23-25H,2,16-17H2,1H3,(H,29,31)(H,30,34)(H,32,33)/t24-,25+/m1/s1. The molecule has 3 aromatic carbocycles. The van der Waals surface area contributed by atoms with E-state index in [9.17, 15) is 19.5 Å². The number of nitrogens with one attached hydrogen (secondary N) is 2. The van der Waals surface area contributed by atoms with Crippen molar-refractivity contribution in [2.24, 2.45) is 0 Å². The van der Waals surface area contributed by atoms with E-state index in [1.807, 2.05) is 54.6 Å². The third-order valence-electron chi connectivity index (χ3n) is 6.26. The van der Waals surface area contributed by atoms with Crippen molar-refractivity contribution in [1.82, 2.24) is 10.6 Å². The van der Waals surface area contributed by atoms with E-state index in [1.54, 1.807) is 19.1 Å². The zero-order valence-electron chi connectivity index (χ0n) is 19.4. The second-order valence-corrected chi connectivity index (χ2v) is 8.52. The Morgan fingerprint density at radius 2 is 1.40 bits per heavy atom. The molecule has 3 aromatic rings. The Balaban J connectivity index is 1.36. The Bertz CT molecular complexity index is 1170. The fourth-order valence-corrected chi connectivity index (χ4v) is 4.46. The van der Waals surface area contributed by atoms with Crippen molar-refractivity contribution >= 4 is 18.0 Å². The van der Waals surface area contributed by atoms with Crippen molar-refractivity contribution in [2.45, 2.75) is 37.8 Å². The van der Waals surface area contributed by atoms with E-state index in [4.69, 9.17) is 4.74 Å². The van der Waals surface area contributed by atoms with Crippen LogP contribution in [0.15, 0.2) is 78.9 Å². The van der Waals surface area contributed by atoms with Crippen LogP contribution in [0.2, 0.25) is 0 Å². The molecule has 0 aromatic heterocycles. The minimum Gasteiger partial charge on any atom is -0.480 e. The number of fused-ring (bicyclic) bond motifs is 3. The lowest BCUT2D eigenvalue weighted by Crippen LogP contribution is -2.52.